The second-order valence-corrected chi connectivity index (χ2v) is 5.32. The van der Waals surface area contributed by atoms with Crippen LogP contribution < -0.4 is 10.5 Å². The zero-order valence-corrected chi connectivity index (χ0v) is 13.2. The molecule has 1 heterocycles. The molecule has 0 aliphatic rings. The lowest BCUT2D eigenvalue weighted by atomic mass is 10.0. The molecule has 106 valence electrons. The Bertz CT molecular complexity index is 665. The number of halogens is 1. The summed E-state index contributed by atoms with van der Waals surface area (Å²) in [5, 5.41) is 4.28. The SMILES string of the molecule is COc1ccc(N)c(C(=O)Cc2c(Br)c(C)nn2C)c1. The normalized spacial score (nSPS) is 10.6. The lowest BCUT2D eigenvalue weighted by molar-refractivity contribution is 0.0991. The predicted octanol–water partition coefficient (Wildman–Crippen LogP) is 2.51. The van der Waals surface area contributed by atoms with Gasteiger partial charge in [-0.3, -0.25) is 9.48 Å². The van der Waals surface area contributed by atoms with E-state index in [1.54, 1.807) is 30.0 Å². The van der Waals surface area contributed by atoms with Crippen LogP contribution in [0, 0.1) is 6.92 Å². The number of aromatic nitrogens is 2. The lowest BCUT2D eigenvalue weighted by Gasteiger charge is -2.08. The number of nitrogen functional groups attached to an aromatic ring is 1. The fourth-order valence-electron chi connectivity index (χ4n) is 2.02. The summed E-state index contributed by atoms with van der Waals surface area (Å²) in [6, 6.07) is 5.07. The molecule has 0 bridgehead atoms. The highest BCUT2D eigenvalue weighted by Gasteiger charge is 2.17. The van der Waals surface area contributed by atoms with E-state index in [0.29, 0.717) is 17.0 Å². The predicted molar refractivity (Wildman–Crippen MR) is 81.1 cm³/mol. The first-order chi connectivity index (χ1) is 9.43. The summed E-state index contributed by atoms with van der Waals surface area (Å²) in [7, 11) is 3.37. The van der Waals surface area contributed by atoms with E-state index >= 15 is 0 Å². The number of ether oxygens (including phenoxy) is 1. The van der Waals surface area contributed by atoms with Crippen molar-refractivity contribution in [2.75, 3.05) is 12.8 Å². The Kier molecular flexibility index (Phi) is 4.13. The van der Waals surface area contributed by atoms with Crippen LogP contribution in [0.15, 0.2) is 22.7 Å². The molecule has 0 aliphatic carbocycles. The number of Topliss-reactive ketones (excluding diaryl/α,β-unsaturated/α-hetero) is 1. The number of ketones is 1. The van der Waals surface area contributed by atoms with Crippen molar-refractivity contribution in [3.63, 3.8) is 0 Å². The van der Waals surface area contributed by atoms with Crippen LogP contribution in [0.1, 0.15) is 21.7 Å². The topological polar surface area (TPSA) is 70.1 Å². The highest BCUT2D eigenvalue weighted by atomic mass is 79.9. The molecule has 0 fully saturated rings. The maximum absolute atomic E-state index is 12.4. The molecule has 6 heteroatoms. The van der Waals surface area contributed by atoms with E-state index < -0.39 is 0 Å². The quantitative estimate of drug-likeness (QED) is 0.687. The second-order valence-electron chi connectivity index (χ2n) is 4.52. The Labute approximate surface area is 125 Å². The zero-order chi connectivity index (χ0) is 14.9. The molecule has 0 unspecified atom stereocenters. The molecule has 0 spiro atoms. The van der Waals surface area contributed by atoms with Gasteiger partial charge in [0.25, 0.3) is 0 Å². The van der Waals surface area contributed by atoms with E-state index in [0.717, 1.165) is 15.9 Å². The van der Waals surface area contributed by atoms with E-state index in [1.165, 1.54) is 0 Å². The summed E-state index contributed by atoms with van der Waals surface area (Å²) in [4.78, 5) is 12.4. The number of nitrogens with zero attached hydrogens (tertiary/aromatic N) is 2. The third-order valence-electron chi connectivity index (χ3n) is 3.15. The summed E-state index contributed by atoms with van der Waals surface area (Å²) in [5.41, 5.74) is 8.47. The monoisotopic (exact) mass is 337 g/mol. The highest BCUT2D eigenvalue weighted by molar-refractivity contribution is 9.10. The molecule has 2 rings (SSSR count). The van der Waals surface area contributed by atoms with Gasteiger partial charge in [0.15, 0.2) is 5.78 Å². The van der Waals surface area contributed by atoms with Gasteiger partial charge in [0.1, 0.15) is 5.75 Å². The van der Waals surface area contributed by atoms with Crippen molar-refractivity contribution >= 4 is 27.4 Å². The molecule has 1 aromatic heterocycles. The van der Waals surface area contributed by atoms with Gasteiger partial charge in [0, 0.05) is 18.3 Å². The van der Waals surface area contributed by atoms with Crippen LogP contribution in [0.25, 0.3) is 0 Å². The number of anilines is 1. The summed E-state index contributed by atoms with van der Waals surface area (Å²) < 4.78 is 7.69. The average Bonchev–Trinajstić information content (AvgIpc) is 2.66. The van der Waals surface area contributed by atoms with Crippen molar-refractivity contribution in [3.8, 4) is 5.75 Å². The first-order valence-electron chi connectivity index (χ1n) is 6.08. The number of methoxy groups -OCH3 is 1. The smallest absolute Gasteiger partial charge is 0.171 e. The minimum Gasteiger partial charge on any atom is -0.497 e. The van der Waals surface area contributed by atoms with Crippen molar-refractivity contribution in [2.24, 2.45) is 7.05 Å². The molecular weight excluding hydrogens is 322 g/mol. The third kappa shape index (κ3) is 2.70. The Hall–Kier alpha value is -1.82. The zero-order valence-electron chi connectivity index (χ0n) is 11.6. The average molecular weight is 338 g/mol. The number of aryl methyl sites for hydroxylation is 2. The molecule has 0 radical (unpaired) electrons. The molecule has 5 nitrogen and oxygen atoms in total. The number of hydrogen-bond donors (Lipinski definition) is 1. The van der Waals surface area contributed by atoms with Gasteiger partial charge in [-0.15, -0.1) is 0 Å². The second kappa shape index (κ2) is 5.66. The van der Waals surface area contributed by atoms with E-state index in [1.807, 2.05) is 14.0 Å². The van der Waals surface area contributed by atoms with Gasteiger partial charge in [-0.1, -0.05) is 0 Å². The minimum absolute atomic E-state index is 0.0647. The Morgan fingerprint density at radius 2 is 2.20 bits per heavy atom. The van der Waals surface area contributed by atoms with Gasteiger partial charge in [0.05, 0.1) is 29.4 Å². The van der Waals surface area contributed by atoms with Crippen LogP contribution >= 0.6 is 15.9 Å². The van der Waals surface area contributed by atoms with Crippen molar-refractivity contribution in [3.05, 3.63) is 39.6 Å². The van der Waals surface area contributed by atoms with Gasteiger partial charge in [-0.05, 0) is 41.1 Å². The number of benzene rings is 1. The van der Waals surface area contributed by atoms with Gasteiger partial charge in [0.2, 0.25) is 0 Å². The Balaban J connectivity index is 2.33. The maximum atomic E-state index is 12.4. The number of rotatable bonds is 4. The molecule has 0 saturated heterocycles. The van der Waals surface area contributed by atoms with Gasteiger partial charge in [-0.25, -0.2) is 0 Å². The number of nitrogens with two attached hydrogens (primary N) is 1. The first kappa shape index (κ1) is 14.6. The van der Waals surface area contributed by atoms with Crippen LogP contribution in [0.3, 0.4) is 0 Å². The first-order valence-corrected chi connectivity index (χ1v) is 6.88. The Morgan fingerprint density at radius 1 is 1.50 bits per heavy atom. The standard InChI is InChI=1S/C14H16BrN3O2/c1-8-14(15)12(18(2)17-8)7-13(19)10-6-9(20-3)4-5-11(10)16/h4-6H,7,16H2,1-3H3. The van der Waals surface area contributed by atoms with Gasteiger partial charge >= 0.3 is 0 Å². The van der Waals surface area contributed by atoms with Crippen molar-refractivity contribution in [1.29, 1.82) is 0 Å². The van der Waals surface area contributed by atoms with E-state index in [2.05, 4.69) is 21.0 Å². The molecule has 20 heavy (non-hydrogen) atoms. The minimum atomic E-state index is -0.0647. The number of carbonyl (C=O) groups is 1. The van der Waals surface area contributed by atoms with Crippen LogP contribution in [0.2, 0.25) is 0 Å². The van der Waals surface area contributed by atoms with Gasteiger partial charge in [-0.2, -0.15) is 5.10 Å². The Morgan fingerprint density at radius 3 is 2.75 bits per heavy atom. The molecule has 2 aromatic rings. The summed E-state index contributed by atoms with van der Waals surface area (Å²) >= 11 is 3.46. The van der Waals surface area contributed by atoms with Crippen molar-refractivity contribution < 1.29 is 9.53 Å². The molecule has 0 aliphatic heterocycles. The maximum Gasteiger partial charge on any atom is 0.171 e. The molecule has 2 N–H and O–H groups in total. The van der Waals surface area contributed by atoms with Crippen molar-refractivity contribution in [2.45, 2.75) is 13.3 Å². The van der Waals surface area contributed by atoms with E-state index in [9.17, 15) is 4.79 Å². The highest BCUT2D eigenvalue weighted by Crippen LogP contribution is 2.25. The third-order valence-corrected chi connectivity index (χ3v) is 4.18. The van der Waals surface area contributed by atoms with Crippen molar-refractivity contribution in [1.82, 2.24) is 9.78 Å². The van der Waals surface area contributed by atoms with Crippen LogP contribution in [0.4, 0.5) is 5.69 Å². The molecule has 0 amide bonds. The number of hydrogen-bond acceptors (Lipinski definition) is 4. The fourth-order valence-corrected chi connectivity index (χ4v) is 2.50. The molecule has 0 atom stereocenters. The number of carbonyl (C=O) groups excluding carboxylic acids is 1. The van der Waals surface area contributed by atoms with Crippen LogP contribution in [-0.2, 0) is 13.5 Å². The summed E-state index contributed by atoms with van der Waals surface area (Å²) in [6.45, 7) is 1.89. The fraction of sp³-hybridized carbons (Fsp3) is 0.286. The largest absolute Gasteiger partial charge is 0.497 e. The van der Waals surface area contributed by atoms with E-state index in [4.69, 9.17) is 10.5 Å². The van der Waals surface area contributed by atoms with Gasteiger partial charge < -0.3 is 10.5 Å². The molecule has 1 aromatic carbocycles. The lowest BCUT2D eigenvalue weighted by Crippen LogP contribution is -2.10. The van der Waals surface area contributed by atoms with Crippen LogP contribution in [-0.4, -0.2) is 22.7 Å². The summed E-state index contributed by atoms with van der Waals surface area (Å²) in [5.74, 6) is 0.549. The van der Waals surface area contributed by atoms with E-state index in [-0.39, 0.29) is 12.2 Å². The van der Waals surface area contributed by atoms with Crippen LogP contribution in [0.5, 0.6) is 5.75 Å². The molecular formula is C14H16BrN3O2. The summed E-state index contributed by atoms with van der Waals surface area (Å²) in [6.07, 6.45) is 0.231. The molecule has 0 saturated carbocycles.